The Morgan fingerprint density at radius 3 is 2.62 bits per heavy atom. The van der Waals surface area contributed by atoms with Crippen LogP contribution in [0.3, 0.4) is 0 Å². The summed E-state index contributed by atoms with van der Waals surface area (Å²) >= 11 is 6.45. The number of sulfonamides is 1. The van der Waals surface area contributed by atoms with Crippen molar-refractivity contribution in [3.63, 3.8) is 0 Å². The smallest absolute Gasteiger partial charge is 0.241 e. The first-order valence-electron chi connectivity index (χ1n) is 6.40. The van der Waals surface area contributed by atoms with Crippen molar-refractivity contribution in [2.24, 2.45) is 5.73 Å². The number of hydrogen-bond acceptors (Lipinski definition) is 4. The molecule has 1 aromatic carbocycles. The highest BCUT2D eigenvalue weighted by Gasteiger charge is 2.23. The lowest BCUT2D eigenvalue weighted by Crippen LogP contribution is -2.29. The van der Waals surface area contributed by atoms with Crippen LogP contribution >= 0.6 is 23.6 Å². The van der Waals surface area contributed by atoms with Crippen molar-refractivity contribution in [2.45, 2.75) is 24.3 Å². The van der Waals surface area contributed by atoms with Gasteiger partial charge in [-0.15, -0.1) is 11.3 Å². The van der Waals surface area contributed by atoms with Crippen LogP contribution in [-0.2, 0) is 10.0 Å². The van der Waals surface area contributed by atoms with E-state index in [-0.39, 0.29) is 15.9 Å². The Kier molecular flexibility index (Phi) is 5.10. The highest BCUT2D eigenvalue weighted by Crippen LogP contribution is 2.25. The second-order valence-electron chi connectivity index (χ2n) is 4.46. The maximum atomic E-state index is 12.6. The van der Waals surface area contributed by atoms with Gasteiger partial charge in [0.1, 0.15) is 4.99 Å². The Bertz CT molecular complexity index is 724. The van der Waals surface area contributed by atoms with E-state index in [0.29, 0.717) is 12.0 Å². The zero-order valence-electron chi connectivity index (χ0n) is 11.4. The number of nitrogens with one attached hydrogen (secondary N) is 1. The highest BCUT2D eigenvalue weighted by atomic mass is 32.2. The summed E-state index contributed by atoms with van der Waals surface area (Å²) in [6.07, 6.45) is 0.662. The number of nitrogens with two attached hydrogens (primary N) is 1. The van der Waals surface area contributed by atoms with Crippen molar-refractivity contribution in [3.8, 4) is 0 Å². The number of benzene rings is 1. The molecule has 0 amide bonds. The van der Waals surface area contributed by atoms with Crippen LogP contribution in [0.5, 0.6) is 0 Å². The normalized spacial score (nSPS) is 13.0. The first kappa shape index (κ1) is 16.1. The summed E-state index contributed by atoms with van der Waals surface area (Å²) < 4.78 is 27.9. The molecule has 1 atom stereocenters. The lowest BCUT2D eigenvalue weighted by molar-refractivity contribution is 0.553. The molecule has 0 aliphatic carbocycles. The Labute approximate surface area is 134 Å². The molecule has 0 saturated heterocycles. The minimum Gasteiger partial charge on any atom is -0.389 e. The molecule has 112 valence electrons. The summed E-state index contributed by atoms with van der Waals surface area (Å²) in [5.74, 6) is 0. The molecular weight excluding hydrogens is 324 g/mol. The van der Waals surface area contributed by atoms with E-state index in [9.17, 15) is 8.42 Å². The predicted molar refractivity (Wildman–Crippen MR) is 90.0 cm³/mol. The monoisotopic (exact) mass is 340 g/mol. The molecule has 1 aromatic heterocycles. The zero-order valence-corrected chi connectivity index (χ0v) is 13.9. The lowest BCUT2D eigenvalue weighted by Gasteiger charge is -2.17. The van der Waals surface area contributed by atoms with E-state index >= 15 is 0 Å². The molecule has 0 radical (unpaired) electrons. The predicted octanol–water partition coefficient (Wildman–Crippen LogP) is 2.81. The van der Waals surface area contributed by atoms with E-state index in [4.69, 9.17) is 18.0 Å². The van der Waals surface area contributed by atoms with Crippen molar-refractivity contribution in [1.82, 2.24) is 4.72 Å². The van der Waals surface area contributed by atoms with Crippen LogP contribution < -0.4 is 10.5 Å². The second kappa shape index (κ2) is 6.65. The van der Waals surface area contributed by atoms with Crippen LogP contribution in [-0.4, -0.2) is 13.4 Å². The van der Waals surface area contributed by atoms with Gasteiger partial charge in [-0.2, -0.15) is 0 Å². The van der Waals surface area contributed by atoms with Gasteiger partial charge in [0.25, 0.3) is 0 Å². The summed E-state index contributed by atoms with van der Waals surface area (Å²) in [4.78, 5) is 1.17. The van der Waals surface area contributed by atoms with Crippen LogP contribution in [0, 0.1) is 0 Å². The average molecular weight is 340 g/mol. The number of thiophene rings is 1. The molecule has 7 heteroatoms. The fourth-order valence-electron chi connectivity index (χ4n) is 1.99. The first-order chi connectivity index (χ1) is 9.95. The fraction of sp³-hybridized carbons (Fsp3) is 0.214. The Hall–Kier alpha value is -1.28. The SMILES string of the molecule is CCC(NS(=O)(=O)c1ccccc1C(N)=S)c1cccs1. The fourth-order valence-corrected chi connectivity index (χ4v) is 4.69. The van der Waals surface area contributed by atoms with Gasteiger partial charge in [-0.05, 0) is 23.9 Å². The van der Waals surface area contributed by atoms with Crippen LogP contribution in [0.2, 0.25) is 0 Å². The minimum atomic E-state index is -3.68. The van der Waals surface area contributed by atoms with Crippen LogP contribution in [0.25, 0.3) is 0 Å². The highest BCUT2D eigenvalue weighted by molar-refractivity contribution is 7.89. The third-order valence-electron chi connectivity index (χ3n) is 3.03. The van der Waals surface area contributed by atoms with E-state index in [1.165, 1.54) is 17.4 Å². The molecule has 21 heavy (non-hydrogen) atoms. The molecule has 3 N–H and O–H groups in total. The maximum Gasteiger partial charge on any atom is 0.241 e. The third kappa shape index (κ3) is 3.68. The average Bonchev–Trinajstić information content (AvgIpc) is 2.99. The zero-order chi connectivity index (χ0) is 15.5. The van der Waals surface area contributed by atoms with Gasteiger partial charge < -0.3 is 5.73 Å². The van der Waals surface area contributed by atoms with Crippen molar-refractivity contribution < 1.29 is 8.42 Å². The lowest BCUT2D eigenvalue weighted by atomic mass is 10.2. The summed E-state index contributed by atoms with van der Waals surface area (Å²) in [7, 11) is -3.68. The van der Waals surface area contributed by atoms with E-state index in [0.717, 1.165) is 4.88 Å². The van der Waals surface area contributed by atoms with Crippen LogP contribution in [0.15, 0.2) is 46.7 Å². The second-order valence-corrected chi connectivity index (χ2v) is 7.56. The van der Waals surface area contributed by atoms with Gasteiger partial charge in [-0.1, -0.05) is 43.4 Å². The van der Waals surface area contributed by atoms with Crippen molar-refractivity contribution in [2.75, 3.05) is 0 Å². The third-order valence-corrected chi connectivity index (χ3v) is 5.77. The van der Waals surface area contributed by atoms with Crippen molar-refractivity contribution in [1.29, 1.82) is 0 Å². The van der Waals surface area contributed by atoms with Gasteiger partial charge in [-0.3, -0.25) is 0 Å². The number of rotatable bonds is 6. The first-order valence-corrected chi connectivity index (χ1v) is 9.17. The van der Waals surface area contributed by atoms with Crippen LogP contribution in [0.4, 0.5) is 0 Å². The molecule has 0 aliphatic heterocycles. The summed E-state index contributed by atoms with van der Waals surface area (Å²) in [5.41, 5.74) is 5.97. The van der Waals surface area contributed by atoms with E-state index in [1.54, 1.807) is 18.2 Å². The van der Waals surface area contributed by atoms with Gasteiger partial charge in [0.2, 0.25) is 10.0 Å². The van der Waals surface area contributed by atoms with Crippen molar-refractivity contribution in [3.05, 3.63) is 52.2 Å². The van der Waals surface area contributed by atoms with Crippen LogP contribution in [0.1, 0.15) is 29.8 Å². The number of thiocarbonyl (C=S) groups is 1. The molecule has 1 heterocycles. The Morgan fingerprint density at radius 2 is 2.05 bits per heavy atom. The Morgan fingerprint density at radius 1 is 1.33 bits per heavy atom. The molecule has 1 unspecified atom stereocenters. The molecule has 4 nitrogen and oxygen atoms in total. The summed E-state index contributed by atoms with van der Waals surface area (Å²) in [6.45, 7) is 1.94. The van der Waals surface area contributed by atoms with Crippen molar-refractivity contribution >= 4 is 38.6 Å². The largest absolute Gasteiger partial charge is 0.389 e. The standard InChI is InChI=1S/C14H16N2O2S3/c1-2-11(12-7-5-9-20-12)16-21(17,18)13-8-4-3-6-10(13)14(15)19/h3-9,11,16H,2H2,1H3,(H2,15,19). The van der Waals surface area contributed by atoms with Gasteiger partial charge >= 0.3 is 0 Å². The molecular formula is C14H16N2O2S3. The van der Waals surface area contributed by atoms with E-state index in [1.807, 2.05) is 24.4 Å². The summed E-state index contributed by atoms with van der Waals surface area (Å²) in [5, 5.41) is 1.93. The van der Waals surface area contributed by atoms with Gasteiger partial charge in [0, 0.05) is 10.4 Å². The topological polar surface area (TPSA) is 72.2 Å². The van der Waals surface area contributed by atoms with Gasteiger partial charge in [-0.25, -0.2) is 13.1 Å². The van der Waals surface area contributed by atoms with E-state index in [2.05, 4.69) is 4.72 Å². The maximum absolute atomic E-state index is 12.6. The quantitative estimate of drug-likeness (QED) is 0.793. The number of hydrogen-bond donors (Lipinski definition) is 2. The molecule has 0 spiro atoms. The molecule has 2 aromatic rings. The van der Waals surface area contributed by atoms with E-state index < -0.39 is 10.0 Å². The van der Waals surface area contributed by atoms with Gasteiger partial charge in [0.05, 0.1) is 10.9 Å². The molecule has 2 rings (SSSR count). The summed E-state index contributed by atoms with van der Waals surface area (Å²) in [6, 6.07) is 10.1. The molecule has 0 aliphatic rings. The molecule has 0 fully saturated rings. The molecule has 0 bridgehead atoms. The van der Waals surface area contributed by atoms with Gasteiger partial charge in [0.15, 0.2) is 0 Å². The molecule has 0 saturated carbocycles. The minimum absolute atomic E-state index is 0.0696. The Balaban J connectivity index is 2.37.